The second-order valence-corrected chi connectivity index (χ2v) is 3.69. The second-order valence-electron chi connectivity index (χ2n) is 3.69. The largest absolute Gasteiger partial charge is 0.368 e. The van der Waals surface area contributed by atoms with Gasteiger partial charge in [0.2, 0.25) is 11.8 Å². The van der Waals surface area contributed by atoms with Crippen LogP contribution in [0.3, 0.4) is 0 Å². The quantitative estimate of drug-likeness (QED) is 0.532. The molecule has 0 aliphatic rings. The van der Waals surface area contributed by atoms with Gasteiger partial charge in [-0.05, 0) is 12.3 Å². The molecule has 0 aromatic rings. The van der Waals surface area contributed by atoms with Gasteiger partial charge in [-0.2, -0.15) is 0 Å². The highest BCUT2D eigenvalue weighted by Gasteiger charge is 2.18. The third-order valence-electron chi connectivity index (χ3n) is 1.76. The van der Waals surface area contributed by atoms with Gasteiger partial charge in [0.05, 0.1) is 0 Å². The third-order valence-corrected chi connectivity index (χ3v) is 1.76. The molecule has 5 nitrogen and oxygen atoms in total. The van der Waals surface area contributed by atoms with Crippen LogP contribution in [0.5, 0.6) is 0 Å². The van der Waals surface area contributed by atoms with Gasteiger partial charge in [-0.1, -0.05) is 13.8 Å². The summed E-state index contributed by atoms with van der Waals surface area (Å²) in [5.41, 5.74) is 10.4. The predicted molar refractivity (Wildman–Crippen MR) is 54.3 cm³/mol. The number of nitrogens with one attached hydrogen (secondary N) is 1. The van der Waals surface area contributed by atoms with Gasteiger partial charge in [0.15, 0.2) is 0 Å². The normalized spacial score (nSPS) is 12.6. The van der Waals surface area contributed by atoms with Gasteiger partial charge in [-0.25, -0.2) is 0 Å². The molecular weight excluding hydrogens is 182 g/mol. The Morgan fingerprint density at radius 2 is 1.93 bits per heavy atom. The minimum absolute atomic E-state index is 0.224. The third kappa shape index (κ3) is 5.53. The molecule has 5 N–H and O–H groups in total. The van der Waals surface area contributed by atoms with Crippen molar-refractivity contribution in [2.75, 3.05) is 6.54 Å². The highest BCUT2D eigenvalue weighted by Crippen LogP contribution is 2.04. The molecule has 82 valence electrons. The number of primary amides is 1. The smallest absolute Gasteiger partial charge is 0.240 e. The number of hydrogen-bond acceptors (Lipinski definition) is 3. The average Bonchev–Trinajstić information content (AvgIpc) is 2.02. The van der Waals surface area contributed by atoms with Crippen LogP contribution in [0.2, 0.25) is 0 Å². The number of nitrogens with two attached hydrogens (primary N) is 2. The molecule has 0 radical (unpaired) electrons. The summed E-state index contributed by atoms with van der Waals surface area (Å²) in [6, 6.07) is -0.575. The molecule has 0 saturated heterocycles. The number of amides is 2. The lowest BCUT2D eigenvalue weighted by Crippen LogP contribution is -2.45. The van der Waals surface area contributed by atoms with Crippen LogP contribution in [0, 0.1) is 5.92 Å². The zero-order chi connectivity index (χ0) is 11.1. The summed E-state index contributed by atoms with van der Waals surface area (Å²) < 4.78 is 0. The lowest BCUT2D eigenvalue weighted by molar-refractivity contribution is -0.127. The summed E-state index contributed by atoms with van der Waals surface area (Å²) >= 11 is 0. The molecule has 0 bridgehead atoms. The fourth-order valence-corrected chi connectivity index (χ4v) is 1.12. The Morgan fingerprint density at radius 3 is 2.29 bits per heavy atom. The highest BCUT2D eigenvalue weighted by molar-refractivity contribution is 5.86. The summed E-state index contributed by atoms with van der Waals surface area (Å²) in [6.45, 7) is 4.20. The maximum Gasteiger partial charge on any atom is 0.240 e. The van der Waals surface area contributed by atoms with Crippen LogP contribution >= 0.6 is 0 Å². The maximum atomic E-state index is 11.1. The molecule has 0 aliphatic heterocycles. The second kappa shape index (κ2) is 6.37. The van der Waals surface area contributed by atoms with Crippen molar-refractivity contribution >= 4 is 11.8 Å². The summed E-state index contributed by atoms with van der Waals surface area (Å²) in [4.78, 5) is 22.1. The molecule has 0 heterocycles. The van der Waals surface area contributed by atoms with E-state index in [9.17, 15) is 9.59 Å². The Hall–Kier alpha value is -1.10. The van der Waals surface area contributed by atoms with E-state index in [1.807, 2.05) is 13.8 Å². The Kier molecular flexibility index (Phi) is 5.87. The van der Waals surface area contributed by atoms with Gasteiger partial charge < -0.3 is 16.8 Å². The van der Waals surface area contributed by atoms with Gasteiger partial charge in [0, 0.05) is 13.0 Å². The highest BCUT2D eigenvalue weighted by atomic mass is 16.2. The Balaban J connectivity index is 4.09. The lowest BCUT2D eigenvalue weighted by Gasteiger charge is -2.16. The molecule has 0 fully saturated rings. The zero-order valence-corrected chi connectivity index (χ0v) is 8.75. The van der Waals surface area contributed by atoms with Crippen LogP contribution in [-0.2, 0) is 9.59 Å². The molecule has 14 heavy (non-hydrogen) atoms. The van der Waals surface area contributed by atoms with Gasteiger partial charge in [-0.15, -0.1) is 0 Å². The van der Waals surface area contributed by atoms with E-state index in [1.165, 1.54) is 0 Å². The zero-order valence-electron chi connectivity index (χ0n) is 8.75. The molecule has 0 aliphatic carbocycles. The lowest BCUT2D eigenvalue weighted by atomic mass is 10.0. The Bertz CT molecular complexity index is 204. The Labute approximate surface area is 84.2 Å². The van der Waals surface area contributed by atoms with E-state index in [0.717, 1.165) is 0 Å². The van der Waals surface area contributed by atoms with Crippen molar-refractivity contribution in [1.29, 1.82) is 0 Å². The van der Waals surface area contributed by atoms with E-state index in [0.29, 0.717) is 12.3 Å². The summed E-state index contributed by atoms with van der Waals surface area (Å²) in [7, 11) is 0. The van der Waals surface area contributed by atoms with Crippen LogP contribution in [0.4, 0.5) is 0 Å². The van der Waals surface area contributed by atoms with Crippen molar-refractivity contribution in [3.05, 3.63) is 0 Å². The first-order valence-corrected chi connectivity index (χ1v) is 4.76. The fourth-order valence-electron chi connectivity index (χ4n) is 1.12. The molecule has 0 rings (SSSR count). The van der Waals surface area contributed by atoms with Crippen LogP contribution in [0.25, 0.3) is 0 Å². The van der Waals surface area contributed by atoms with Crippen molar-refractivity contribution in [1.82, 2.24) is 5.32 Å². The molecule has 1 atom stereocenters. The maximum absolute atomic E-state index is 11.1. The average molecular weight is 201 g/mol. The first-order valence-electron chi connectivity index (χ1n) is 4.76. The topological polar surface area (TPSA) is 98.2 Å². The first kappa shape index (κ1) is 12.9. The molecule has 5 heteroatoms. The number of carbonyl (C=O) groups excluding carboxylic acids is 2. The van der Waals surface area contributed by atoms with E-state index in [2.05, 4.69) is 5.32 Å². The van der Waals surface area contributed by atoms with E-state index < -0.39 is 11.9 Å². The molecule has 1 unspecified atom stereocenters. The van der Waals surface area contributed by atoms with Crippen LogP contribution in [0.15, 0.2) is 0 Å². The van der Waals surface area contributed by atoms with Gasteiger partial charge in [-0.3, -0.25) is 9.59 Å². The van der Waals surface area contributed by atoms with Crippen molar-refractivity contribution < 1.29 is 9.59 Å². The van der Waals surface area contributed by atoms with Crippen LogP contribution in [0.1, 0.15) is 26.7 Å². The van der Waals surface area contributed by atoms with Gasteiger partial charge in [0.1, 0.15) is 6.04 Å². The summed E-state index contributed by atoms with van der Waals surface area (Å²) in [5, 5.41) is 2.56. The predicted octanol–water partition coefficient (Wildman–Crippen LogP) is -0.649. The standard InChI is InChI=1S/C9H19N3O2/c1-6(2)5-7(9(11)14)12-8(13)3-4-10/h6-7H,3-5,10H2,1-2H3,(H2,11,14)(H,12,13). The summed E-state index contributed by atoms with van der Waals surface area (Å²) in [5.74, 6) is -0.410. The number of carbonyl (C=O) groups is 2. The van der Waals surface area contributed by atoms with E-state index >= 15 is 0 Å². The van der Waals surface area contributed by atoms with Crippen molar-refractivity contribution in [2.45, 2.75) is 32.7 Å². The van der Waals surface area contributed by atoms with Crippen LogP contribution < -0.4 is 16.8 Å². The minimum Gasteiger partial charge on any atom is -0.368 e. The Morgan fingerprint density at radius 1 is 1.36 bits per heavy atom. The minimum atomic E-state index is -0.575. The monoisotopic (exact) mass is 201 g/mol. The van der Waals surface area contributed by atoms with E-state index in [1.54, 1.807) is 0 Å². The van der Waals surface area contributed by atoms with E-state index in [-0.39, 0.29) is 18.9 Å². The molecule has 2 amide bonds. The number of hydrogen-bond donors (Lipinski definition) is 3. The summed E-state index contributed by atoms with van der Waals surface area (Å²) in [6.07, 6.45) is 0.785. The molecule has 0 spiro atoms. The van der Waals surface area contributed by atoms with Gasteiger partial charge >= 0.3 is 0 Å². The molecule has 0 aromatic carbocycles. The number of rotatable bonds is 6. The fraction of sp³-hybridized carbons (Fsp3) is 0.778. The van der Waals surface area contributed by atoms with Crippen LogP contribution in [-0.4, -0.2) is 24.4 Å². The molecule has 0 saturated carbocycles. The van der Waals surface area contributed by atoms with Crippen molar-refractivity contribution in [2.24, 2.45) is 17.4 Å². The van der Waals surface area contributed by atoms with Crippen molar-refractivity contribution in [3.8, 4) is 0 Å². The van der Waals surface area contributed by atoms with Gasteiger partial charge in [0.25, 0.3) is 0 Å². The van der Waals surface area contributed by atoms with E-state index in [4.69, 9.17) is 11.5 Å². The SMILES string of the molecule is CC(C)CC(NC(=O)CCN)C(N)=O. The van der Waals surface area contributed by atoms with Crippen molar-refractivity contribution in [3.63, 3.8) is 0 Å². The molecule has 0 aromatic heterocycles. The first-order chi connectivity index (χ1) is 6.47. The molecular formula is C9H19N3O2.